The number of rotatable bonds is 3. The van der Waals surface area contributed by atoms with E-state index in [1.54, 1.807) is 0 Å². The highest BCUT2D eigenvalue weighted by Crippen LogP contribution is 2.16. The Morgan fingerprint density at radius 1 is 0.727 bits per heavy atom. The summed E-state index contributed by atoms with van der Waals surface area (Å²) in [5, 5.41) is 0. The summed E-state index contributed by atoms with van der Waals surface area (Å²) < 4.78 is 0. The second-order valence-electron chi connectivity index (χ2n) is 6.33. The van der Waals surface area contributed by atoms with Crippen LogP contribution in [0.15, 0.2) is 72.8 Å². The lowest BCUT2D eigenvalue weighted by molar-refractivity contribution is 0.547. The molecule has 0 radical (unpaired) electrons. The average molecular weight is 292 g/mol. The Morgan fingerprint density at radius 2 is 1.18 bits per heavy atom. The SMILES string of the molecule is CC(C)(C)C=Cc1ccccc1.CCC=Cc1ccccc1. The zero-order valence-corrected chi connectivity index (χ0v) is 14.3. The topological polar surface area (TPSA) is 0 Å². The van der Waals surface area contributed by atoms with Gasteiger partial charge >= 0.3 is 0 Å². The van der Waals surface area contributed by atoms with E-state index in [0.717, 1.165) is 6.42 Å². The van der Waals surface area contributed by atoms with Gasteiger partial charge in [0.1, 0.15) is 0 Å². The Hall–Kier alpha value is -2.08. The molecule has 0 aliphatic rings. The number of benzene rings is 2. The van der Waals surface area contributed by atoms with Crippen LogP contribution in [0, 0.1) is 5.41 Å². The predicted molar refractivity (Wildman–Crippen MR) is 101 cm³/mol. The second kappa shape index (κ2) is 9.78. The standard InChI is InChI=1S/C12H16.C10H12/c1-12(2,3)10-9-11-7-5-4-6-8-11;1-2-3-7-10-8-5-4-6-9-10/h4-10H,1-3H3;3-9H,2H2,1H3. The van der Waals surface area contributed by atoms with E-state index in [2.05, 4.69) is 101 Å². The zero-order valence-electron chi connectivity index (χ0n) is 14.3. The van der Waals surface area contributed by atoms with E-state index in [-0.39, 0.29) is 5.41 Å². The molecule has 0 aromatic heterocycles. The number of hydrogen-bond donors (Lipinski definition) is 0. The number of allylic oxidation sites excluding steroid dienone is 2. The molecule has 0 bridgehead atoms. The minimum absolute atomic E-state index is 0.274. The van der Waals surface area contributed by atoms with Crippen molar-refractivity contribution in [1.82, 2.24) is 0 Å². The maximum Gasteiger partial charge on any atom is -0.0200 e. The lowest BCUT2D eigenvalue weighted by Crippen LogP contribution is -1.97. The Labute approximate surface area is 136 Å². The van der Waals surface area contributed by atoms with E-state index < -0.39 is 0 Å². The highest BCUT2D eigenvalue weighted by atomic mass is 14.1. The van der Waals surface area contributed by atoms with Crippen LogP contribution in [0.25, 0.3) is 12.2 Å². The van der Waals surface area contributed by atoms with Gasteiger partial charge in [0, 0.05) is 0 Å². The third kappa shape index (κ3) is 8.97. The minimum atomic E-state index is 0.274. The van der Waals surface area contributed by atoms with Crippen molar-refractivity contribution >= 4 is 12.2 Å². The van der Waals surface area contributed by atoms with Crippen molar-refractivity contribution in [3.63, 3.8) is 0 Å². The van der Waals surface area contributed by atoms with Crippen molar-refractivity contribution in [2.24, 2.45) is 5.41 Å². The van der Waals surface area contributed by atoms with E-state index in [9.17, 15) is 0 Å². The lowest BCUT2D eigenvalue weighted by atomic mass is 9.95. The summed E-state index contributed by atoms with van der Waals surface area (Å²) in [5.41, 5.74) is 2.83. The largest absolute Gasteiger partial charge is 0.0842 e. The van der Waals surface area contributed by atoms with Gasteiger partial charge < -0.3 is 0 Å². The molecule has 2 rings (SSSR count). The van der Waals surface area contributed by atoms with E-state index >= 15 is 0 Å². The van der Waals surface area contributed by atoms with Crippen LogP contribution >= 0.6 is 0 Å². The molecular formula is C22H28. The molecule has 0 saturated carbocycles. The van der Waals surface area contributed by atoms with E-state index in [1.165, 1.54) is 11.1 Å². The van der Waals surface area contributed by atoms with Gasteiger partial charge in [0.2, 0.25) is 0 Å². The maximum atomic E-state index is 2.22. The summed E-state index contributed by atoms with van der Waals surface area (Å²) in [6.07, 6.45) is 9.80. The first-order chi connectivity index (χ1) is 10.5. The van der Waals surface area contributed by atoms with Gasteiger partial charge in [-0.05, 0) is 23.0 Å². The molecule has 0 aliphatic heterocycles. The Kier molecular flexibility index (Phi) is 7.99. The van der Waals surface area contributed by atoms with Crippen LogP contribution in [0.3, 0.4) is 0 Å². The van der Waals surface area contributed by atoms with Gasteiger partial charge in [-0.1, -0.05) is 113 Å². The van der Waals surface area contributed by atoms with Gasteiger partial charge in [-0.2, -0.15) is 0 Å². The van der Waals surface area contributed by atoms with E-state index in [1.807, 2.05) is 12.1 Å². The van der Waals surface area contributed by atoms with Crippen molar-refractivity contribution in [2.45, 2.75) is 34.1 Å². The van der Waals surface area contributed by atoms with Crippen LogP contribution in [0.5, 0.6) is 0 Å². The Bertz CT molecular complexity index is 554. The molecule has 116 valence electrons. The fraction of sp³-hybridized carbons (Fsp3) is 0.273. The monoisotopic (exact) mass is 292 g/mol. The van der Waals surface area contributed by atoms with Gasteiger partial charge in [0.25, 0.3) is 0 Å². The van der Waals surface area contributed by atoms with Gasteiger partial charge in [0.15, 0.2) is 0 Å². The van der Waals surface area contributed by atoms with Gasteiger partial charge in [-0.3, -0.25) is 0 Å². The Balaban J connectivity index is 0.000000224. The summed E-state index contributed by atoms with van der Waals surface area (Å²) in [7, 11) is 0. The summed E-state index contributed by atoms with van der Waals surface area (Å²) in [6.45, 7) is 8.74. The second-order valence-corrected chi connectivity index (χ2v) is 6.33. The fourth-order valence-corrected chi connectivity index (χ4v) is 1.73. The van der Waals surface area contributed by atoms with E-state index in [4.69, 9.17) is 0 Å². The third-order valence-corrected chi connectivity index (χ3v) is 2.92. The van der Waals surface area contributed by atoms with Crippen LogP contribution in [-0.4, -0.2) is 0 Å². The molecule has 22 heavy (non-hydrogen) atoms. The maximum absolute atomic E-state index is 2.22. The molecule has 0 atom stereocenters. The van der Waals surface area contributed by atoms with Crippen LogP contribution in [0.4, 0.5) is 0 Å². The van der Waals surface area contributed by atoms with Crippen LogP contribution in [0.1, 0.15) is 45.2 Å². The number of hydrogen-bond acceptors (Lipinski definition) is 0. The van der Waals surface area contributed by atoms with Crippen molar-refractivity contribution < 1.29 is 0 Å². The van der Waals surface area contributed by atoms with Crippen molar-refractivity contribution in [3.05, 3.63) is 83.9 Å². The molecule has 0 unspecified atom stereocenters. The first kappa shape index (κ1) is 18.0. The molecule has 0 fully saturated rings. The molecule has 0 N–H and O–H groups in total. The van der Waals surface area contributed by atoms with Gasteiger partial charge in [0.05, 0.1) is 0 Å². The molecule has 2 aromatic carbocycles. The Morgan fingerprint density at radius 3 is 1.59 bits per heavy atom. The summed E-state index contributed by atoms with van der Waals surface area (Å²) >= 11 is 0. The molecule has 2 aromatic rings. The highest BCUT2D eigenvalue weighted by molar-refractivity contribution is 5.49. The molecular weight excluding hydrogens is 264 g/mol. The molecule has 0 spiro atoms. The van der Waals surface area contributed by atoms with Gasteiger partial charge in [-0.15, -0.1) is 0 Å². The quantitative estimate of drug-likeness (QED) is 0.580. The molecule has 0 nitrogen and oxygen atoms in total. The van der Waals surface area contributed by atoms with Crippen molar-refractivity contribution in [3.8, 4) is 0 Å². The van der Waals surface area contributed by atoms with Crippen LogP contribution in [0.2, 0.25) is 0 Å². The molecule has 0 aliphatic carbocycles. The van der Waals surface area contributed by atoms with Gasteiger partial charge in [-0.25, -0.2) is 0 Å². The summed E-state index contributed by atoms with van der Waals surface area (Å²) in [5.74, 6) is 0. The fourth-order valence-electron chi connectivity index (χ4n) is 1.73. The zero-order chi connectivity index (χ0) is 16.3. The first-order valence-electron chi connectivity index (χ1n) is 7.97. The smallest absolute Gasteiger partial charge is 0.0200 e. The lowest BCUT2D eigenvalue weighted by Gasteiger charge is -2.10. The normalized spacial score (nSPS) is 11.5. The molecule has 0 saturated heterocycles. The van der Waals surface area contributed by atoms with Crippen LogP contribution in [-0.2, 0) is 0 Å². The molecule has 0 amide bonds. The first-order valence-corrected chi connectivity index (χ1v) is 7.97. The molecule has 0 heterocycles. The minimum Gasteiger partial charge on any atom is -0.0842 e. The average Bonchev–Trinajstić information content (AvgIpc) is 2.53. The summed E-state index contributed by atoms with van der Waals surface area (Å²) in [4.78, 5) is 0. The third-order valence-electron chi connectivity index (χ3n) is 2.92. The molecule has 0 heteroatoms. The predicted octanol–water partition coefficient (Wildman–Crippen LogP) is 6.86. The summed E-state index contributed by atoms with van der Waals surface area (Å²) in [6, 6.07) is 20.7. The van der Waals surface area contributed by atoms with Crippen molar-refractivity contribution in [1.29, 1.82) is 0 Å². The highest BCUT2D eigenvalue weighted by Gasteiger charge is 2.02. The van der Waals surface area contributed by atoms with Crippen LogP contribution < -0.4 is 0 Å². The van der Waals surface area contributed by atoms with Crippen molar-refractivity contribution in [2.75, 3.05) is 0 Å². The van der Waals surface area contributed by atoms with E-state index in [0.29, 0.717) is 0 Å².